The second-order valence-corrected chi connectivity index (χ2v) is 4.97. The maximum absolute atomic E-state index is 13.0. The highest BCUT2D eigenvalue weighted by atomic mass is 19.1. The van der Waals surface area contributed by atoms with Crippen molar-refractivity contribution in [2.75, 3.05) is 18.1 Å². The van der Waals surface area contributed by atoms with Gasteiger partial charge in [0.15, 0.2) is 0 Å². The molecule has 1 aromatic carbocycles. The van der Waals surface area contributed by atoms with Gasteiger partial charge in [-0.3, -0.25) is 14.6 Å². The van der Waals surface area contributed by atoms with Crippen molar-refractivity contribution in [3.05, 3.63) is 30.1 Å². The van der Waals surface area contributed by atoms with Crippen LogP contribution < -0.4 is 10.7 Å². The van der Waals surface area contributed by atoms with Crippen LogP contribution in [0.5, 0.6) is 0 Å². The van der Waals surface area contributed by atoms with Crippen molar-refractivity contribution >= 4 is 23.2 Å². The first-order valence-electron chi connectivity index (χ1n) is 7.18. The molecule has 0 unspecified atom stereocenters. The summed E-state index contributed by atoms with van der Waals surface area (Å²) < 4.78 is 13.0. The molecule has 0 aromatic heterocycles. The van der Waals surface area contributed by atoms with Crippen LogP contribution in [0.15, 0.2) is 29.4 Å². The van der Waals surface area contributed by atoms with Gasteiger partial charge in [-0.25, -0.2) is 4.39 Å². The number of primary amides is 1. The monoisotopic (exact) mass is 306 g/mol. The highest BCUT2D eigenvalue weighted by Gasteiger charge is 2.36. The topological polar surface area (TPSA) is 79.0 Å². The van der Waals surface area contributed by atoms with Crippen molar-refractivity contribution in [2.24, 2.45) is 10.8 Å². The molecule has 1 heterocycles. The van der Waals surface area contributed by atoms with Gasteiger partial charge >= 0.3 is 0 Å². The Hall–Kier alpha value is -2.44. The molecular formula is C15H19FN4O2. The molecular weight excluding hydrogens is 287 g/mol. The zero-order valence-corrected chi connectivity index (χ0v) is 12.6. The molecule has 2 rings (SSSR count). The van der Waals surface area contributed by atoms with Gasteiger partial charge in [-0.2, -0.15) is 5.10 Å². The van der Waals surface area contributed by atoms with Gasteiger partial charge in [-0.15, -0.1) is 0 Å². The molecule has 0 aliphatic carbocycles. The van der Waals surface area contributed by atoms with Crippen LogP contribution in [0.4, 0.5) is 10.1 Å². The molecule has 1 aromatic rings. The first kappa shape index (κ1) is 15.9. The van der Waals surface area contributed by atoms with Gasteiger partial charge in [0.1, 0.15) is 17.6 Å². The quantitative estimate of drug-likeness (QED) is 0.885. The fraction of sp³-hybridized carbons (Fsp3) is 0.400. The predicted molar refractivity (Wildman–Crippen MR) is 81.8 cm³/mol. The molecule has 0 saturated heterocycles. The number of carbonyl (C=O) groups excluding carboxylic acids is 2. The van der Waals surface area contributed by atoms with Crippen LogP contribution in [0.1, 0.15) is 20.3 Å². The van der Waals surface area contributed by atoms with Gasteiger partial charge in [0.25, 0.3) is 5.91 Å². The van der Waals surface area contributed by atoms with E-state index in [0.717, 1.165) is 0 Å². The third-order valence-electron chi connectivity index (χ3n) is 3.63. The number of carbonyl (C=O) groups is 2. The van der Waals surface area contributed by atoms with Gasteiger partial charge < -0.3 is 10.6 Å². The lowest BCUT2D eigenvalue weighted by Gasteiger charge is -2.20. The molecule has 1 aliphatic heterocycles. The summed E-state index contributed by atoms with van der Waals surface area (Å²) in [4.78, 5) is 25.6. The molecule has 0 radical (unpaired) electrons. The lowest BCUT2D eigenvalue weighted by molar-refractivity contribution is -0.123. The summed E-state index contributed by atoms with van der Waals surface area (Å²) in [5.41, 5.74) is 6.22. The summed E-state index contributed by atoms with van der Waals surface area (Å²) >= 11 is 0. The molecule has 0 bridgehead atoms. The van der Waals surface area contributed by atoms with Gasteiger partial charge in [0.2, 0.25) is 5.91 Å². The fourth-order valence-electron chi connectivity index (χ4n) is 2.39. The minimum atomic E-state index is -0.736. The lowest BCUT2D eigenvalue weighted by Crippen LogP contribution is -2.40. The van der Waals surface area contributed by atoms with Crippen molar-refractivity contribution < 1.29 is 14.0 Å². The highest BCUT2D eigenvalue weighted by Crippen LogP contribution is 2.25. The summed E-state index contributed by atoms with van der Waals surface area (Å²) in [6.07, 6.45) is 0.155. The first-order valence-corrected chi connectivity index (χ1v) is 7.18. The van der Waals surface area contributed by atoms with Crippen LogP contribution in [0.3, 0.4) is 0 Å². The van der Waals surface area contributed by atoms with Gasteiger partial charge in [-0.1, -0.05) is 0 Å². The van der Waals surface area contributed by atoms with E-state index in [1.807, 2.05) is 13.8 Å². The summed E-state index contributed by atoms with van der Waals surface area (Å²) in [6, 6.07) is 4.80. The molecule has 7 heteroatoms. The van der Waals surface area contributed by atoms with E-state index in [0.29, 0.717) is 18.8 Å². The van der Waals surface area contributed by atoms with Crippen LogP contribution in [-0.2, 0) is 9.59 Å². The third-order valence-corrected chi connectivity index (χ3v) is 3.63. The number of hydrogen-bond acceptors (Lipinski definition) is 4. The lowest BCUT2D eigenvalue weighted by atomic mass is 10.1. The first-order chi connectivity index (χ1) is 10.5. The number of anilines is 1. The SMILES string of the molecule is CCN(CC)C(=O)C1=NN(c2ccc(F)cc2)[C@@H](C(N)=O)C1. The number of hydrazone groups is 1. The Morgan fingerprint density at radius 3 is 2.41 bits per heavy atom. The van der Waals surface area contributed by atoms with Crippen LogP contribution in [-0.4, -0.2) is 41.6 Å². The molecule has 2 amide bonds. The van der Waals surface area contributed by atoms with Gasteiger partial charge in [-0.05, 0) is 38.1 Å². The summed E-state index contributed by atoms with van der Waals surface area (Å²) in [5, 5.41) is 5.63. The number of benzene rings is 1. The zero-order valence-electron chi connectivity index (χ0n) is 12.6. The summed E-state index contributed by atoms with van der Waals surface area (Å²) in [7, 11) is 0. The second kappa shape index (κ2) is 6.55. The molecule has 2 N–H and O–H groups in total. The van der Waals surface area contributed by atoms with Crippen molar-refractivity contribution in [1.29, 1.82) is 0 Å². The Labute approximate surface area is 128 Å². The molecule has 1 atom stereocenters. The Morgan fingerprint density at radius 1 is 1.32 bits per heavy atom. The van der Waals surface area contributed by atoms with Crippen molar-refractivity contribution in [2.45, 2.75) is 26.3 Å². The Balaban J connectivity index is 2.31. The van der Waals surface area contributed by atoms with Gasteiger partial charge in [0, 0.05) is 19.5 Å². The number of nitrogens with two attached hydrogens (primary N) is 1. The average molecular weight is 306 g/mol. The van der Waals surface area contributed by atoms with E-state index >= 15 is 0 Å². The van der Waals surface area contributed by atoms with Crippen LogP contribution >= 0.6 is 0 Å². The number of nitrogens with zero attached hydrogens (tertiary/aromatic N) is 3. The third kappa shape index (κ3) is 3.08. The Kier molecular flexibility index (Phi) is 4.75. The summed E-state index contributed by atoms with van der Waals surface area (Å²) in [6.45, 7) is 4.87. The predicted octanol–water partition coefficient (Wildman–Crippen LogP) is 1.11. The normalized spacial score (nSPS) is 17.3. The minimum absolute atomic E-state index is 0.155. The number of rotatable bonds is 5. The molecule has 0 fully saturated rings. The maximum atomic E-state index is 13.0. The van der Waals surface area contributed by atoms with Crippen LogP contribution in [0, 0.1) is 5.82 Å². The van der Waals surface area contributed by atoms with E-state index in [9.17, 15) is 14.0 Å². The largest absolute Gasteiger partial charge is 0.368 e. The molecule has 22 heavy (non-hydrogen) atoms. The number of hydrogen-bond donors (Lipinski definition) is 1. The van der Waals surface area contributed by atoms with E-state index in [1.54, 1.807) is 4.90 Å². The van der Waals surface area contributed by atoms with E-state index in [2.05, 4.69) is 5.10 Å². The molecule has 0 spiro atoms. The van der Waals surface area contributed by atoms with E-state index < -0.39 is 11.9 Å². The second-order valence-electron chi connectivity index (χ2n) is 4.97. The van der Waals surface area contributed by atoms with Crippen molar-refractivity contribution in [3.63, 3.8) is 0 Å². The Morgan fingerprint density at radius 2 is 1.91 bits per heavy atom. The minimum Gasteiger partial charge on any atom is -0.368 e. The molecule has 6 nitrogen and oxygen atoms in total. The smallest absolute Gasteiger partial charge is 0.270 e. The maximum Gasteiger partial charge on any atom is 0.270 e. The number of amides is 2. The standard InChI is InChI=1S/C15H19FN4O2/c1-3-19(4-2)15(22)12-9-13(14(17)21)20(18-12)11-7-5-10(16)6-8-11/h5-8,13H,3-4,9H2,1-2H3,(H2,17,21)/t13-/m1/s1. The highest BCUT2D eigenvalue weighted by molar-refractivity contribution is 6.40. The summed E-state index contributed by atoms with van der Waals surface area (Å²) in [5.74, 6) is -1.17. The van der Waals surface area contributed by atoms with E-state index in [1.165, 1.54) is 29.3 Å². The fourth-order valence-corrected chi connectivity index (χ4v) is 2.39. The van der Waals surface area contributed by atoms with Crippen molar-refractivity contribution in [3.8, 4) is 0 Å². The van der Waals surface area contributed by atoms with Crippen molar-refractivity contribution in [1.82, 2.24) is 4.90 Å². The zero-order chi connectivity index (χ0) is 16.3. The molecule has 118 valence electrons. The van der Waals surface area contributed by atoms with E-state index in [-0.39, 0.29) is 23.9 Å². The molecule has 1 aliphatic rings. The van der Waals surface area contributed by atoms with E-state index in [4.69, 9.17) is 5.73 Å². The van der Waals surface area contributed by atoms with Crippen LogP contribution in [0.25, 0.3) is 0 Å². The average Bonchev–Trinajstić information content (AvgIpc) is 2.94. The van der Waals surface area contributed by atoms with Crippen LogP contribution in [0.2, 0.25) is 0 Å². The number of halogens is 1. The Bertz CT molecular complexity index is 596. The van der Waals surface area contributed by atoms with Gasteiger partial charge in [0.05, 0.1) is 5.69 Å². The molecule has 0 saturated carbocycles.